The molecule has 1 atom stereocenters. The predicted molar refractivity (Wildman–Crippen MR) is 136 cm³/mol. The van der Waals surface area contributed by atoms with Gasteiger partial charge in [0.05, 0.1) is 22.0 Å². The Hall–Kier alpha value is -5.16. The van der Waals surface area contributed by atoms with Crippen LogP contribution >= 0.6 is 11.6 Å². The minimum Gasteiger partial charge on any atom is -0.401 e. The number of hydrogen-bond acceptors (Lipinski definition) is 8. The quantitative estimate of drug-likeness (QED) is 0.263. The molecule has 5 rings (SSSR count). The first-order valence-electron chi connectivity index (χ1n) is 11.4. The number of hydrogen-bond donors (Lipinski definition) is 3. The van der Waals surface area contributed by atoms with E-state index in [9.17, 15) is 28.0 Å². The number of rotatable bonds is 5. The van der Waals surface area contributed by atoms with Crippen LogP contribution in [0.25, 0.3) is 27.7 Å². The van der Waals surface area contributed by atoms with Crippen LogP contribution in [0.4, 0.5) is 19.0 Å². The van der Waals surface area contributed by atoms with Crippen molar-refractivity contribution in [3.8, 4) is 23.1 Å². The average molecular weight is 569 g/mol. The molecule has 5 aromatic rings. The van der Waals surface area contributed by atoms with Crippen molar-refractivity contribution in [2.45, 2.75) is 19.1 Å². The van der Waals surface area contributed by atoms with Crippen molar-refractivity contribution in [2.75, 3.05) is 5.73 Å². The van der Waals surface area contributed by atoms with Gasteiger partial charge in [0.1, 0.15) is 11.6 Å². The largest absolute Gasteiger partial charge is 0.491 e. The number of halogens is 4. The summed E-state index contributed by atoms with van der Waals surface area (Å²) < 4.78 is 43.3. The Labute approximate surface area is 227 Å². The number of carbonyl (C=O) groups is 2. The Bertz CT molecular complexity index is 1840. The number of ether oxygens (including phenoxy) is 1. The number of nitrogens with one attached hydrogen (secondary N) is 2. The van der Waals surface area contributed by atoms with Gasteiger partial charge in [-0.3, -0.25) is 9.89 Å². The maximum Gasteiger partial charge on any atom is 0.491 e. The first-order valence-corrected chi connectivity index (χ1v) is 11.8. The number of fused-ring (bicyclic) bond motifs is 2. The number of nitrogens with zero attached hydrogens (tertiary/aromatic N) is 5. The van der Waals surface area contributed by atoms with Crippen molar-refractivity contribution in [1.82, 2.24) is 30.1 Å². The Morgan fingerprint density at radius 1 is 1.25 bits per heavy atom. The monoisotopic (exact) mass is 568 g/mol. The number of carbonyl (C=O) groups excluding carboxylic acids is 2. The third-order valence-corrected chi connectivity index (χ3v) is 6.27. The number of alkyl halides is 3. The van der Waals surface area contributed by atoms with Crippen LogP contribution in [0, 0.1) is 11.3 Å². The second-order valence-electron chi connectivity index (χ2n) is 8.48. The zero-order chi connectivity index (χ0) is 28.8. The van der Waals surface area contributed by atoms with Gasteiger partial charge < -0.3 is 15.8 Å². The van der Waals surface area contributed by atoms with Gasteiger partial charge in [0.15, 0.2) is 17.2 Å². The van der Waals surface area contributed by atoms with Crippen molar-refractivity contribution < 1.29 is 27.5 Å². The number of aromatic nitrogens is 5. The van der Waals surface area contributed by atoms with E-state index >= 15 is 0 Å². The number of esters is 1. The van der Waals surface area contributed by atoms with Crippen molar-refractivity contribution in [2.24, 2.45) is 0 Å². The molecule has 0 aliphatic rings. The fourth-order valence-electron chi connectivity index (χ4n) is 4.25. The number of amides is 1. The summed E-state index contributed by atoms with van der Waals surface area (Å²) in [6, 6.07) is 13.0. The van der Waals surface area contributed by atoms with Gasteiger partial charge in [-0.05, 0) is 24.1 Å². The van der Waals surface area contributed by atoms with Crippen molar-refractivity contribution >= 4 is 45.8 Å². The molecule has 0 saturated heterocycles. The highest BCUT2D eigenvalue weighted by atomic mass is 35.5. The molecule has 1 amide bonds. The van der Waals surface area contributed by atoms with E-state index in [0.29, 0.717) is 22.0 Å². The second kappa shape index (κ2) is 9.86. The molecule has 0 spiro atoms. The molecule has 3 heterocycles. The molecule has 0 aliphatic carbocycles. The van der Waals surface area contributed by atoms with Gasteiger partial charge >= 0.3 is 12.1 Å². The van der Waals surface area contributed by atoms with E-state index < -0.39 is 30.0 Å². The highest BCUT2D eigenvalue weighted by molar-refractivity contribution is 6.36. The van der Waals surface area contributed by atoms with Gasteiger partial charge in [-0.1, -0.05) is 41.9 Å². The second-order valence-corrected chi connectivity index (χ2v) is 8.89. The number of H-pyrrole nitrogens is 1. The molecule has 3 aromatic heterocycles. The number of benzene rings is 2. The highest BCUT2D eigenvalue weighted by Crippen LogP contribution is 2.39. The Kier molecular flexibility index (Phi) is 6.52. The summed E-state index contributed by atoms with van der Waals surface area (Å²) in [5.74, 6) is -4.24. The van der Waals surface area contributed by atoms with Crippen LogP contribution in [-0.4, -0.2) is 42.8 Å². The van der Waals surface area contributed by atoms with Crippen LogP contribution < -0.4 is 15.8 Å². The summed E-state index contributed by atoms with van der Waals surface area (Å²) in [4.78, 5) is 28.7. The lowest BCUT2D eigenvalue weighted by Gasteiger charge is -2.20. The van der Waals surface area contributed by atoms with Crippen LogP contribution in [0.5, 0.6) is 5.88 Å². The summed E-state index contributed by atoms with van der Waals surface area (Å²) in [7, 11) is 0. The highest BCUT2D eigenvalue weighted by Gasteiger charge is 2.42. The predicted octanol–water partition coefficient (Wildman–Crippen LogP) is 4.34. The maximum absolute atomic E-state index is 13.4. The van der Waals surface area contributed by atoms with Crippen LogP contribution in [0.2, 0.25) is 5.02 Å². The minimum atomic E-state index is -5.26. The molecular formula is C25H16ClF3N8O3. The molecule has 0 radical (unpaired) electrons. The molecule has 15 heteroatoms. The molecule has 0 fully saturated rings. The van der Waals surface area contributed by atoms with Crippen molar-refractivity contribution in [3.63, 3.8) is 0 Å². The van der Waals surface area contributed by atoms with Crippen LogP contribution in [0.1, 0.15) is 34.6 Å². The summed E-state index contributed by atoms with van der Waals surface area (Å²) in [6.07, 6.45) is -4.21. The number of aromatic amines is 1. The molecule has 0 saturated carbocycles. The summed E-state index contributed by atoms with van der Waals surface area (Å²) in [6.45, 7) is 1.68. The number of nitriles is 1. The van der Waals surface area contributed by atoms with E-state index in [1.54, 1.807) is 13.0 Å². The van der Waals surface area contributed by atoms with Gasteiger partial charge in [-0.2, -0.15) is 28.0 Å². The molecule has 4 N–H and O–H groups in total. The zero-order valence-corrected chi connectivity index (χ0v) is 21.0. The standard InChI is InChI=1S/C25H16ClF3N8O3/c1-11(13-9-14(26)18-15(10-30)34-35-20(18)17(13)12-5-3-2-4-6-12)33-23(38)19-21(31)36-37-16(7-8-32-22(19)37)40-24(39)25(27,28)29/h2-9,11H,1H3,(H2,31,36)(H,33,38)(H,34,35). The Morgan fingerprint density at radius 2 is 1.98 bits per heavy atom. The van der Waals surface area contributed by atoms with Crippen LogP contribution in [-0.2, 0) is 4.79 Å². The third-order valence-electron chi connectivity index (χ3n) is 5.98. The fourth-order valence-corrected chi connectivity index (χ4v) is 4.56. The summed E-state index contributed by atoms with van der Waals surface area (Å²) >= 11 is 6.53. The molecule has 202 valence electrons. The smallest absolute Gasteiger partial charge is 0.401 e. The van der Waals surface area contributed by atoms with Gasteiger partial charge in [-0.15, -0.1) is 5.10 Å². The number of anilines is 1. The lowest BCUT2D eigenvalue weighted by molar-refractivity contribution is -0.190. The third kappa shape index (κ3) is 4.52. The summed E-state index contributed by atoms with van der Waals surface area (Å²) in [5, 5.41) is 23.7. The van der Waals surface area contributed by atoms with Crippen molar-refractivity contribution in [1.29, 1.82) is 5.26 Å². The van der Waals surface area contributed by atoms with Gasteiger partial charge in [0, 0.05) is 17.8 Å². The average Bonchev–Trinajstić information content (AvgIpc) is 3.50. The molecule has 2 aromatic carbocycles. The van der Waals surface area contributed by atoms with Crippen LogP contribution in [0.15, 0.2) is 48.7 Å². The Balaban J connectivity index is 1.55. The van der Waals surface area contributed by atoms with E-state index in [1.807, 2.05) is 36.4 Å². The lowest BCUT2D eigenvalue weighted by atomic mass is 9.92. The van der Waals surface area contributed by atoms with E-state index in [2.05, 4.69) is 30.3 Å². The molecule has 11 nitrogen and oxygen atoms in total. The van der Waals surface area contributed by atoms with E-state index in [-0.39, 0.29) is 27.7 Å². The maximum atomic E-state index is 13.4. The Morgan fingerprint density at radius 3 is 2.65 bits per heavy atom. The molecule has 0 bridgehead atoms. The topological polar surface area (TPSA) is 164 Å². The van der Waals surface area contributed by atoms with Crippen molar-refractivity contribution in [3.05, 3.63) is 70.5 Å². The van der Waals surface area contributed by atoms with Gasteiger partial charge in [0.2, 0.25) is 5.88 Å². The SMILES string of the molecule is CC(NC(=O)c1c(N)nn2c(OC(=O)C(F)(F)F)ccnc12)c1cc(Cl)c2c(C#N)n[nH]c2c1-c1ccccc1. The normalized spacial score (nSPS) is 12.3. The first-order chi connectivity index (χ1) is 19.0. The number of nitrogens with two attached hydrogens (primary N) is 1. The molecule has 1 unspecified atom stereocenters. The van der Waals surface area contributed by atoms with E-state index in [1.165, 1.54) is 0 Å². The zero-order valence-electron chi connectivity index (χ0n) is 20.2. The molecule has 40 heavy (non-hydrogen) atoms. The van der Waals surface area contributed by atoms with Crippen LogP contribution in [0.3, 0.4) is 0 Å². The van der Waals surface area contributed by atoms with Gasteiger partial charge in [-0.25, -0.2) is 9.78 Å². The fraction of sp³-hybridized carbons (Fsp3) is 0.120. The minimum absolute atomic E-state index is 0.104. The number of nitrogen functional groups attached to an aromatic ring is 1. The first kappa shape index (κ1) is 26.4. The molecule has 0 aliphatic heterocycles. The lowest BCUT2D eigenvalue weighted by Crippen LogP contribution is -2.29. The van der Waals surface area contributed by atoms with E-state index in [4.69, 9.17) is 17.3 Å². The summed E-state index contributed by atoms with van der Waals surface area (Å²) in [5.41, 5.74) is 7.98. The van der Waals surface area contributed by atoms with Gasteiger partial charge in [0.25, 0.3) is 5.91 Å². The van der Waals surface area contributed by atoms with E-state index in [0.717, 1.165) is 22.3 Å². The molecular weight excluding hydrogens is 553 g/mol.